The van der Waals surface area contributed by atoms with Crippen LogP contribution < -0.4 is 11.1 Å². The first-order valence-corrected chi connectivity index (χ1v) is 7.61. The molecule has 6 nitrogen and oxygen atoms in total. The predicted molar refractivity (Wildman–Crippen MR) is 77.3 cm³/mol. The highest BCUT2D eigenvalue weighted by Gasteiger charge is 2.14. The van der Waals surface area contributed by atoms with E-state index in [1.165, 1.54) is 24.3 Å². The van der Waals surface area contributed by atoms with Crippen molar-refractivity contribution < 1.29 is 13.6 Å². The molecule has 0 aromatic heterocycles. The molecular weight excluding hydrogens is 278 g/mol. The smallest absolute Gasteiger partial charge is 0.179 e. The molecule has 4 N–H and O–H groups in total. The van der Waals surface area contributed by atoms with Gasteiger partial charge in [0, 0.05) is 25.1 Å². The summed E-state index contributed by atoms with van der Waals surface area (Å²) in [7, 11) is -3.35. The van der Waals surface area contributed by atoms with Gasteiger partial charge >= 0.3 is 0 Å². The number of nitrogens with zero attached hydrogens (tertiary/aromatic N) is 1. The third-order valence-corrected chi connectivity index (χ3v) is 4.34. The second kappa shape index (κ2) is 7.53. The number of amidine groups is 1. The Balaban J connectivity index is 2.66. The van der Waals surface area contributed by atoms with Gasteiger partial charge in [0.25, 0.3) is 0 Å². The molecule has 0 saturated carbocycles. The first-order chi connectivity index (χ1) is 9.51. The van der Waals surface area contributed by atoms with Crippen LogP contribution in [0, 0.1) is 12.3 Å². The van der Waals surface area contributed by atoms with Crippen molar-refractivity contribution in [2.24, 2.45) is 10.9 Å². The fourth-order valence-electron chi connectivity index (χ4n) is 1.50. The van der Waals surface area contributed by atoms with E-state index in [1.807, 2.05) is 0 Å². The average Bonchev–Trinajstić information content (AvgIpc) is 2.46. The Morgan fingerprint density at radius 1 is 1.35 bits per heavy atom. The van der Waals surface area contributed by atoms with E-state index in [-0.39, 0.29) is 16.5 Å². The number of nitrogens with two attached hydrogens (primary N) is 1. The zero-order chi connectivity index (χ0) is 15.0. The van der Waals surface area contributed by atoms with Crippen molar-refractivity contribution in [3.63, 3.8) is 0 Å². The fourth-order valence-corrected chi connectivity index (χ4v) is 2.70. The van der Waals surface area contributed by atoms with E-state index < -0.39 is 9.84 Å². The molecule has 20 heavy (non-hydrogen) atoms. The molecule has 1 rings (SSSR count). The van der Waals surface area contributed by atoms with E-state index in [1.54, 1.807) is 0 Å². The van der Waals surface area contributed by atoms with Crippen LogP contribution >= 0.6 is 0 Å². The molecule has 0 amide bonds. The Morgan fingerprint density at radius 2 is 2.00 bits per heavy atom. The molecule has 0 fully saturated rings. The molecule has 108 valence electrons. The van der Waals surface area contributed by atoms with Gasteiger partial charge in [-0.1, -0.05) is 5.16 Å². The number of hydrogen-bond donors (Lipinski definition) is 3. The number of oxime groups is 1. The Labute approximate surface area is 118 Å². The maximum atomic E-state index is 12.0. The number of sulfone groups is 1. The molecular formula is C13H17N3O3S. The number of nitrogens with one attached hydrogen (secondary N) is 1. The summed E-state index contributed by atoms with van der Waals surface area (Å²) >= 11 is 0. The molecule has 0 aliphatic rings. The largest absolute Gasteiger partial charge is 0.409 e. The minimum Gasteiger partial charge on any atom is -0.409 e. The molecule has 0 spiro atoms. The highest BCUT2D eigenvalue weighted by molar-refractivity contribution is 7.91. The van der Waals surface area contributed by atoms with Gasteiger partial charge < -0.3 is 16.3 Å². The van der Waals surface area contributed by atoms with Crippen LogP contribution in [-0.2, 0) is 9.84 Å². The van der Waals surface area contributed by atoms with Crippen molar-refractivity contribution >= 4 is 15.7 Å². The van der Waals surface area contributed by atoms with Crippen LogP contribution in [0.5, 0.6) is 0 Å². The van der Waals surface area contributed by atoms with Crippen molar-refractivity contribution in [2.75, 3.05) is 18.8 Å². The van der Waals surface area contributed by atoms with Crippen LogP contribution in [0.15, 0.2) is 34.3 Å². The summed E-state index contributed by atoms with van der Waals surface area (Å²) in [6, 6.07) is 5.86. The molecule has 0 aliphatic carbocycles. The van der Waals surface area contributed by atoms with Crippen molar-refractivity contribution in [1.82, 2.24) is 5.32 Å². The monoisotopic (exact) mass is 295 g/mol. The third kappa shape index (κ3) is 4.57. The summed E-state index contributed by atoms with van der Waals surface area (Å²) in [5, 5.41) is 14.3. The van der Waals surface area contributed by atoms with E-state index in [9.17, 15) is 8.42 Å². The Bertz CT molecular complexity index is 601. The SMILES string of the molecule is C#CCCNCCS(=O)(=O)c1ccc(/C(N)=N\O)cc1. The van der Waals surface area contributed by atoms with Gasteiger partial charge in [0.2, 0.25) is 0 Å². The lowest BCUT2D eigenvalue weighted by molar-refractivity contribution is 0.318. The minimum absolute atomic E-state index is 0.0134. The van der Waals surface area contributed by atoms with Crippen molar-refractivity contribution in [1.29, 1.82) is 0 Å². The molecule has 1 aromatic rings. The number of benzene rings is 1. The summed E-state index contributed by atoms with van der Waals surface area (Å²) in [6.07, 6.45) is 5.66. The zero-order valence-electron chi connectivity index (χ0n) is 10.9. The number of rotatable bonds is 7. The normalized spacial score (nSPS) is 12.1. The lowest BCUT2D eigenvalue weighted by atomic mass is 10.2. The summed E-state index contributed by atoms with van der Waals surface area (Å²) in [5.41, 5.74) is 5.86. The van der Waals surface area contributed by atoms with E-state index in [2.05, 4.69) is 16.4 Å². The summed E-state index contributed by atoms with van der Waals surface area (Å²) in [4.78, 5) is 0.200. The Morgan fingerprint density at radius 3 is 2.55 bits per heavy atom. The number of terminal acetylenes is 1. The van der Waals surface area contributed by atoms with Crippen LogP contribution in [0.2, 0.25) is 0 Å². The van der Waals surface area contributed by atoms with Crippen molar-refractivity contribution in [3.8, 4) is 12.3 Å². The minimum atomic E-state index is -3.35. The molecule has 0 radical (unpaired) electrons. The van der Waals surface area contributed by atoms with Crippen LogP contribution in [-0.4, -0.2) is 38.3 Å². The lowest BCUT2D eigenvalue weighted by Crippen LogP contribution is -2.24. The van der Waals surface area contributed by atoms with Gasteiger partial charge in [-0.25, -0.2) is 8.42 Å². The van der Waals surface area contributed by atoms with Gasteiger partial charge in [0.05, 0.1) is 10.6 Å². The maximum absolute atomic E-state index is 12.0. The quantitative estimate of drug-likeness (QED) is 0.166. The zero-order valence-corrected chi connectivity index (χ0v) is 11.7. The topological polar surface area (TPSA) is 105 Å². The van der Waals surface area contributed by atoms with Gasteiger partial charge in [-0.2, -0.15) is 0 Å². The first kappa shape index (κ1) is 16.0. The van der Waals surface area contributed by atoms with Gasteiger partial charge in [0.1, 0.15) is 0 Å². The highest BCUT2D eigenvalue weighted by Crippen LogP contribution is 2.12. The maximum Gasteiger partial charge on any atom is 0.179 e. The molecule has 0 bridgehead atoms. The molecule has 1 aromatic carbocycles. The second-order valence-electron chi connectivity index (χ2n) is 4.03. The van der Waals surface area contributed by atoms with E-state index in [0.29, 0.717) is 25.1 Å². The standard InChI is InChI=1S/C13H17N3O3S/c1-2-3-8-15-9-10-20(18,19)12-6-4-11(5-7-12)13(14)16-17/h1,4-7,15,17H,3,8-10H2,(H2,14,16). The van der Waals surface area contributed by atoms with Gasteiger partial charge in [-0.3, -0.25) is 0 Å². The van der Waals surface area contributed by atoms with Crippen molar-refractivity contribution in [2.45, 2.75) is 11.3 Å². The molecule has 7 heteroatoms. The third-order valence-electron chi connectivity index (χ3n) is 2.61. The van der Waals surface area contributed by atoms with Crippen molar-refractivity contribution in [3.05, 3.63) is 29.8 Å². The average molecular weight is 295 g/mol. The molecule has 0 heterocycles. The Hall–Kier alpha value is -2.04. The van der Waals surface area contributed by atoms with Crippen LogP contribution in [0.1, 0.15) is 12.0 Å². The van der Waals surface area contributed by atoms with Gasteiger partial charge in [0.15, 0.2) is 15.7 Å². The lowest BCUT2D eigenvalue weighted by Gasteiger charge is -2.06. The van der Waals surface area contributed by atoms with Crippen LogP contribution in [0.25, 0.3) is 0 Å². The molecule has 0 saturated heterocycles. The molecule has 0 aliphatic heterocycles. The highest BCUT2D eigenvalue weighted by atomic mass is 32.2. The molecule has 0 atom stereocenters. The predicted octanol–water partition coefficient (Wildman–Crippen LogP) is 0.168. The first-order valence-electron chi connectivity index (χ1n) is 5.96. The van der Waals surface area contributed by atoms with E-state index in [4.69, 9.17) is 17.4 Å². The van der Waals surface area contributed by atoms with Gasteiger partial charge in [-0.15, -0.1) is 12.3 Å². The van der Waals surface area contributed by atoms with E-state index >= 15 is 0 Å². The summed E-state index contributed by atoms with van der Waals surface area (Å²) in [5.74, 6) is 2.39. The van der Waals surface area contributed by atoms with Gasteiger partial charge in [-0.05, 0) is 24.3 Å². The molecule has 0 unspecified atom stereocenters. The fraction of sp³-hybridized carbons (Fsp3) is 0.308. The summed E-state index contributed by atoms with van der Waals surface area (Å²) < 4.78 is 24.0. The number of hydrogen-bond acceptors (Lipinski definition) is 5. The summed E-state index contributed by atoms with van der Waals surface area (Å²) in [6.45, 7) is 0.931. The van der Waals surface area contributed by atoms with Crippen LogP contribution in [0.4, 0.5) is 0 Å². The van der Waals surface area contributed by atoms with E-state index in [0.717, 1.165) is 0 Å². The second-order valence-corrected chi connectivity index (χ2v) is 6.14. The Kier molecular flexibility index (Phi) is 6.03. The van der Waals surface area contributed by atoms with Crippen LogP contribution in [0.3, 0.4) is 0 Å².